The predicted molar refractivity (Wildman–Crippen MR) is 114 cm³/mol. The summed E-state index contributed by atoms with van der Waals surface area (Å²) in [6.07, 6.45) is 0. The predicted octanol–water partition coefficient (Wildman–Crippen LogP) is 6.83. The Labute approximate surface area is 170 Å². The standard InChI is InChI=1S/C21H14Cl2N2OS/c1-12-9-10-19(27-12)18-11-14(13-5-2-3-8-17(13)24-18)21(26)25-20-15(22)6-4-7-16(20)23/h2-11H,1H3,(H,25,26). The van der Waals surface area contributed by atoms with Crippen molar-refractivity contribution in [3.8, 4) is 10.6 Å². The first-order valence-electron chi connectivity index (χ1n) is 8.25. The highest BCUT2D eigenvalue weighted by atomic mass is 35.5. The fourth-order valence-corrected chi connectivity index (χ4v) is 4.18. The van der Waals surface area contributed by atoms with Crippen molar-refractivity contribution >= 4 is 57.0 Å². The van der Waals surface area contributed by atoms with Crippen LogP contribution in [0.15, 0.2) is 60.7 Å². The van der Waals surface area contributed by atoms with E-state index in [1.165, 1.54) is 4.88 Å². The summed E-state index contributed by atoms with van der Waals surface area (Å²) in [6, 6.07) is 18.6. The van der Waals surface area contributed by atoms with E-state index in [1.807, 2.05) is 49.4 Å². The molecular formula is C21H14Cl2N2OS. The molecular weight excluding hydrogens is 399 g/mol. The first-order chi connectivity index (χ1) is 13.0. The highest BCUT2D eigenvalue weighted by Gasteiger charge is 2.17. The summed E-state index contributed by atoms with van der Waals surface area (Å²) in [5.74, 6) is -0.280. The van der Waals surface area contributed by atoms with Crippen LogP contribution in [0.5, 0.6) is 0 Å². The average molecular weight is 413 g/mol. The minimum Gasteiger partial charge on any atom is -0.319 e. The summed E-state index contributed by atoms with van der Waals surface area (Å²) in [5.41, 5.74) is 2.46. The molecule has 1 amide bonds. The first kappa shape index (κ1) is 18.0. The maximum absolute atomic E-state index is 13.1. The van der Waals surface area contributed by atoms with E-state index in [9.17, 15) is 4.79 Å². The molecule has 0 bridgehead atoms. The van der Waals surface area contributed by atoms with Crippen LogP contribution < -0.4 is 5.32 Å². The number of halogens is 2. The number of aromatic nitrogens is 1. The number of amides is 1. The largest absolute Gasteiger partial charge is 0.319 e. The van der Waals surface area contributed by atoms with Gasteiger partial charge < -0.3 is 5.32 Å². The van der Waals surface area contributed by atoms with Gasteiger partial charge in [0.1, 0.15) is 0 Å². The average Bonchev–Trinajstić information content (AvgIpc) is 3.10. The lowest BCUT2D eigenvalue weighted by atomic mass is 10.1. The number of carbonyl (C=O) groups is 1. The van der Waals surface area contributed by atoms with Crippen LogP contribution in [0.1, 0.15) is 15.2 Å². The molecule has 0 aliphatic heterocycles. The van der Waals surface area contributed by atoms with Crippen LogP contribution in [0, 0.1) is 6.92 Å². The summed E-state index contributed by atoms with van der Waals surface area (Å²) < 4.78 is 0. The molecule has 0 saturated heterocycles. The van der Waals surface area contributed by atoms with Crippen LogP contribution in [-0.4, -0.2) is 10.9 Å². The van der Waals surface area contributed by atoms with Crippen molar-refractivity contribution in [2.75, 3.05) is 5.32 Å². The smallest absolute Gasteiger partial charge is 0.256 e. The number of benzene rings is 2. The summed E-state index contributed by atoms with van der Waals surface area (Å²) >= 11 is 14.0. The number of aryl methyl sites for hydroxylation is 1. The number of anilines is 1. The molecule has 1 N–H and O–H groups in total. The van der Waals surface area contributed by atoms with Crippen LogP contribution in [0.4, 0.5) is 5.69 Å². The van der Waals surface area contributed by atoms with E-state index in [-0.39, 0.29) is 5.91 Å². The molecule has 2 aromatic heterocycles. The third-order valence-corrected chi connectivity index (χ3v) is 5.81. The van der Waals surface area contributed by atoms with Gasteiger partial charge in [-0.25, -0.2) is 4.98 Å². The maximum atomic E-state index is 13.1. The Kier molecular flexibility index (Phi) is 4.87. The minimum atomic E-state index is -0.280. The third-order valence-electron chi connectivity index (χ3n) is 4.15. The van der Waals surface area contributed by atoms with Gasteiger partial charge in [0.25, 0.3) is 5.91 Å². The van der Waals surface area contributed by atoms with Crippen LogP contribution in [0.2, 0.25) is 10.0 Å². The van der Waals surface area contributed by atoms with E-state index in [0.717, 1.165) is 21.5 Å². The molecule has 2 heterocycles. The molecule has 2 aromatic carbocycles. The number of thiophene rings is 1. The van der Waals surface area contributed by atoms with Crippen LogP contribution in [-0.2, 0) is 0 Å². The Morgan fingerprint density at radius 1 is 1.00 bits per heavy atom. The second-order valence-corrected chi connectivity index (χ2v) is 8.14. The molecule has 0 unspecified atom stereocenters. The molecule has 3 nitrogen and oxygen atoms in total. The van der Waals surface area contributed by atoms with E-state index in [2.05, 4.69) is 5.32 Å². The van der Waals surface area contributed by atoms with Gasteiger partial charge in [-0.05, 0) is 43.3 Å². The highest BCUT2D eigenvalue weighted by molar-refractivity contribution is 7.15. The van der Waals surface area contributed by atoms with Gasteiger partial charge in [-0.2, -0.15) is 0 Å². The Bertz CT molecular complexity index is 1150. The lowest BCUT2D eigenvalue weighted by Gasteiger charge is -2.12. The normalized spacial score (nSPS) is 10.9. The van der Waals surface area contributed by atoms with Crippen LogP contribution in [0.25, 0.3) is 21.5 Å². The van der Waals surface area contributed by atoms with Crippen molar-refractivity contribution in [3.63, 3.8) is 0 Å². The summed E-state index contributed by atoms with van der Waals surface area (Å²) in [6.45, 7) is 2.04. The number of nitrogens with one attached hydrogen (secondary N) is 1. The second-order valence-electron chi connectivity index (χ2n) is 6.03. The molecule has 0 saturated carbocycles. The zero-order chi connectivity index (χ0) is 19.0. The zero-order valence-electron chi connectivity index (χ0n) is 14.3. The number of nitrogens with zero attached hydrogens (tertiary/aromatic N) is 1. The van der Waals surface area contributed by atoms with Gasteiger partial charge in [0.05, 0.1) is 37.4 Å². The lowest BCUT2D eigenvalue weighted by Crippen LogP contribution is -2.13. The topological polar surface area (TPSA) is 42.0 Å². The van der Waals surface area contributed by atoms with E-state index in [1.54, 1.807) is 29.5 Å². The van der Waals surface area contributed by atoms with E-state index in [0.29, 0.717) is 21.3 Å². The Morgan fingerprint density at radius 2 is 1.74 bits per heavy atom. The van der Waals surface area contributed by atoms with E-state index < -0.39 is 0 Å². The number of rotatable bonds is 3. The molecule has 4 rings (SSSR count). The van der Waals surface area contributed by atoms with Crippen molar-refractivity contribution < 1.29 is 4.79 Å². The lowest BCUT2D eigenvalue weighted by molar-refractivity contribution is 0.102. The molecule has 27 heavy (non-hydrogen) atoms. The first-order valence-corrected chi connectivity index (χ1v) is 9.82. The van der Waals surface area contributed by atoms with Crippen molar-refractivity contribution in [3.05, 3.63) is 81.1 Å². The fraction of sp³-hybridized carbons (Fsp3) is 0.0476. The summed E-state index contributed by atoms with van der Waals surface area (Å²) in [4.78, 5) is 20.0. The number of pyridine rings is 1. The van der Waals surface area contributed by atoms with Crippen LogP contribution in [0.3, 0.4) is 0 Å². The van der Waals surface area contributed by atoms with Gasteiger partial charge in [-0.1, -0.05) is 47.5 Å². The van der Waals surface area contributed by atoms with Gasteiger partial charge in [-0.3, -0.25) is 4.79 Å². The highest BCUT2D eigenvalue weighted by Crippen LogP contribution is 2.33. The molecule has 0 aliphatic carbocycles. The molecule has 0 atom stereocenters. The van der Waals surface area contributed by atoms with E-state index in [4.69, 9.17) is 28.2 Å². The molecule has 0 aliphatic rings. The minimum absolute atomic E-state index is 0.280. The molecule has 0 spiro atoms. The fourth-order valence-electron chi connectivity index (χ4n) is 2.86. The number of carbonyl (C=O) groups excluding carboxylic acids is 1. The Morgan fingerprint density at radius 3 is 2.44 bits per heavy atom. The Hall–Kier alpha value is -2.40. The molecule has 134 valence electrons. The van der Waals surface area contributed by atoms with Gasteiger partial charge in [0, 0.05) is 10.3 Å². The van der Waals surface area contributed by atoms with E-state index >= 15 is 0 Å². The number of hydrogen-bond donors (Lipinski definition) is 1. The maximum Gasteiger partial charge on any atom is 0.256 e. The van der Waals surface area contributed by atoms with Crippen LogP contribution >= 0.6 is 34.5 Å². The Balaban J connectivity index is 1.83. The quantitative estimate of drug-likeness (QED) is 0.400. The molecule has 0 fully saturated rings. The molecule has 4 aromatic rings. The van der Waals surface area contributed by atoms with Gasteiger partial charge in [0.2, 0.25) is 0 Å². The SMILES string of the molecule is Cc1ccc(-c2cc(C(=O)Nc3c(Cl)cccc3Cl)c3ccccc3n2)s1. The summed E-state index contributed by atoms with van der Waals surface area (Å²) in [7, 11) is 0. The van der Waals surface area contributed by atoms with Gasteiger partial charge >= 0.3 is 0 Å². The zero-order valence-corrected chi connectivity index (χ0v) is 16.6. The van der Waals surface area contributed by atoms with Crippen molar-refractivity contribution in [1.82, 2.24) is 4.98 Å². The number of para-hydroxylation sites is 2. The van der Waals surface area contributed by atoms with Gasteiger partial charge in [-0.15, -0.1) is 11.3 Å². The number of fused-ring (bicyclic) bond motifs is 1. The monoisotopic (exact) mass is 412 g/mol. The number of hydrogen-bond acceptors (Lipinski definition) is 3. The summed E-state index contributed by atoms with van der Waals surface area (Å²) in [5, 5.41) is 4.40. The van der Waals surface area contributed by atoms with Crippen molar-refractivity contribution in [2.45, 2.75) is 6.92 Å². The van der Waals surface area contributed by atoms with Crippen molar-refractivity contribution in [2.24, 2.45) is 0 Å². The molecule has 6 heteroatoms. The van der Waals surface area contributed by atoms with Gasteiger partial charge in [0.15, 0.2) is 0 Å². The third kappa shape index (κ3) is 3.56. The second kappa shape index (κ2) is 7.31. The molecule has 0 radical (unpaired) electrons. The van der Waals surface area contributed by atoms with Crippen molar-refractivity contribution in [1.29, 1.82) is 0 Å².